The molecule has 1 heterocycles. The first-order valence-electron chi connectivity index (χ1n) is 8.63. The summed E-state index contributed by atoms with van der Waals surface area (Å²) in [4.78, 5) is 13.6. The largest absolute Gasteiger partial charge is 0.416 e. The number of rotatable bonds is 3. The van der Waals surface area contributed by atoms with Gasteiger partial charge in [-0.25, -0.2) is 8.42 Å². The number of halogens is 3. The number of hydrogen-bond donors (Lipinski definition) is 0. The summed E-state index contributed by atoms with van der Waals surface area (Å²) in [5, 5.41) is 0. The van der Waals surface area contributed by atoms with Gasteiger partial charge in [-0.15, -0.1) is 0 Å². The predicted octanol–water partition coefficient (Wildman–Crippen LogP) is 3.16. The van der Waals surface area contributed by atoms with Crippen LogP contribution in [0.15, 0.2) is 53.4 Å². The lowest BCUT2D eigenvalue weighted by Gasteiger charge is -2.34. The number of nitrogens with zero attached hydrogens (tertiary/aromatic N) is 2. The summed E-state index contributed by atoms with van der Waals surface area (Å²) in [6.07, 6.45) is -4.63. The number of piperazine rings is 1. The number of hydrogen-bond acceptors (Lipinski definition) is 3. The first-order chi connectivity index (χ1) is 13.1. The number of benzene rings is 2. The van der Waals surface area contributed by atoms with E-state index in [-0.39, 0.29) is 37.6 Å². The van der Waals surface area contributed by atoms with Crippen LogP contribution in [0, 0.1) is 6.92 Å². The molecule has 1 amide bonds. The maximum Gasteiger partial charge on any atom is 0.416 e. The molecule has 0 saturated carbocycles. The van der Waals surface area contributed by atoms with E-state index >= 15 is 0 Å². The number of sulfonamides is 1. The van der Waals surface area contributed by atoms with Crippen LogP contribution >= 0.6 is 0 Å². The Bertz CT molecular complexity index is 968. The van der Waals surface area contributed by atoms with Gasteiger partial charge in [0, 0.05) is 31.7 Å². The SMILES string of the molecule is Cc1ccc(S(=O)(=O)N2CCN(C(=O)c3ccccc3)CC2)cc1C(F)(F)F. The normalized spacial score (nSPS) is 16.2. The summed E-state index contributed by atoms with van der Waals surface area (Å²) in [6.45, 7) is 1.68. The summed E-state index contributed by atoms with van der Waals surface area (Å²) in [7, 11) is -4.08. The lowest BCUT2D eigenvalue weighted by molar-refractivity contribution is -0.138. The molecular weight excluding hydrogens is 393 g/mol. The van der Waals surface area contributed by atoms with Crippen molar-refractivity contribution in [3.05, 3.63) is 65.2 Å². The summed E-state index contributed by atoms with van der Waals surface area (Å²) >= 11 is 0. The molecule has 0 N–H and O–H groups in total. The van der Waals surface area contributed by atoms with Gasteiger partial charge >= 0.3 is 6.18 Å². The number of carbonyl (C=O) groups is 1. The molecule has 150 valence electrons. The highest BCUT2D eigenvalue weighted by atomic mass is 32.2. The van der Waals surface area contributed by atoms with Gasteiger partial charge in [0.25, 0.3) is 5.91 Å². The minimum atomic E-state index is -4.63. The molecular formula is C19H19F3N2O3S. The third-order valence-corrected chi connectivity index (χ3v) is 6.59. The minimum Gasteiger partial charge on any atom is -0.336 e. The van der Waals surface area contributed by atoms with Crippen LogP contribution in [0.5, 0.6) is 0 Å². The number of aryl methyl sites for hydroxylation is 1. The molecule has 0 unspecified atom stereocenters. The quantitative estimate of drug-likeness (QED) is 0.778. The first-order valence-corrected chi connectivity index (χ1v) is 10.1. The molecule has 0 spiro atoms. The number of carbonyl (C=O) groups excluding carboxylic acids is 1. The third-order valence-electron chi connectivity index (χ3n) is 4.70. The topological polar surface area (TPSA) is 57.7 Å². The molecule has 28 heavy (non-hydrogen) atoms. The van der Waals surface area contributed by atoms with E-state index < -0.39 is 26.7 Å². The van der Waals surface area contributed by atoms with Gasteiger partial charge in [0.2, 0.25) is 10.0 Å². The van der Waals surface area contributed by atoms with E-state index in [0.29, 0.717) is 11.6 Å². The fourth-order valence-corrected chi connectivity index (χ4v) is 4.56. The molecule has 0 aliphatic carbocycles. The molecule has 2 aromatic rings. The lowest BCUT2D eigenvalue weighted by Crippen LogP contribution is -2.50. The van der Waals surface area contributed by atoms with Crippen LogP contribution in [0.25, 0.3) is 0 Å². The number of amides is 1. The van der Waals surface area contributed by atoms with Crippen LogP contribution in [0.3, 0.4) is 0 Å². The molecule has 1 aliphatic rings. The second kappa shape index (κ2) is 7.56. The Morgan fingerprint density at radius 2 is 1.57 bits per heavy atom. The summed E-state index contributed by atoms with van der Waals surface area (Å²) in [5.41, 5.74) is -0.497. The van der Waals surface area contributed by atoms with E-state index in [2.05, 4.69) is 0 Å². The molecule has 9 heteroatoms. The molecule has 1 saturated heterocycles. The van der Waals surface area contributed by atoms with Crippen LogP contribution in [-0.4, -0.2) is 49.7 Å². The fourth-order valence-electron chi connectivity index (χ4n) is 3.11. The third kappa shape index (κ3) is 4.05. The van der Waals surface area contributed by atoms with Crippen molar-refractivity contribution >= 4 is 15.9 Å². The van der Waals surface area contributed by atoms with Crippen molar-refractivity contribution in [3.8, 4) is 0 Å². The average Bonchev–Trinajstić information content (AvgIpc) is 2.67. The van der Waals surface area contributed by atoms with Gasteiger partial charge in [0.1, 0.15) is 0 Å². The molecule has 1 fully saturated rings. The Morgan fingerprint density at radius 3 is 2.14 bits per heavy atom. The highest BCUT2D eigenvalue weighted by Gasteiger charge is 2.35. The summed E-state index contributed by atoms with van der Waals surface area (Å²) in [6, 6.07) is 11.6. The van der Waals surface area contributed by atoms with Crippen molar-refractivity contribution in [1.29, 1.82) is 0 Å². The maximum absolute atomic E-state index is 13.1. The molecule has 0 atom stereocenters. The highest BCUT2D eigenvalue weighted by molar-refractivity contribution is 7.89. The number of alkyl halides is 3. The van der Waals surface area contributed by atoms with E-state index in [1.165, 1.54) is 17.9 Å². The maximum atomic E-state index is 13.1. The molecule has 2 aromatic carbocycles. The van der Waals surface area contributed by atoms with Gasteiger partial charge in [-0.1, -0.05) is 24.3 Å². The predicted molar refractivity (Wildman–Crippen MR) is 97.3 cm³/mol. The zero-order valence-electron chi connectivity index (χ0n) is 15.1. The molecule has 5 nitrogen and oxygen atoms in total. The van der Waals surface area contributed by atoms with E-state index in [1.807, 2.05) is 0 Å². The van der Waals surface area contributed by atoms with Crippen LogP contribution in [0.1, 0.15) is 21.5 Å². The molecule has 0 radical (unpaired) electrons. The molecule has 0 bridgehead atoms. The van der Waals surface area contributed by atoms with Crippen LogP contribution in [0.2, 0.25) is 0 Å². The second-order valence-electron chi connectivity index (χ2n) is 6.54. The van der Waals surface area contributed by atoms with E-state index in [9.17, 15) is 26.4 Å². The first kappa shape index (κ1) is 20.3. The van der Waals surface area contributed by atoms with Crippen molar-refractivity contribution in [3.63, 3.8) is 0 Å². The van der Waals surface area contributed by atoms with Crippen LogP contribution in [-0.2, 0) is 16.2 Å². The van der Waals surface area contributed by atoms with Crippen molar-refractivity contribution < 1.29 is 26.4 Å². The van der Waals surface area contributed by atoms with Crippen molar-refractivity contribution in [2.75, 3.05) is 26.2 Å². The van der Waals surface area contributed by atoms with Crippen molar-refractivity contribution in [2.45, 2.75) is 18.0 Å². The smallest absolute Gasteiger partial charge is 0.336 e. The highest BCUT2D eigenvalue weighted by Crippen LogP contribution is 2.34. The second-order valence-corrected chi connectivity index (χ2v) is 8.47. The Hall–Kier alpha value is -2.39. The average molecular weight is 412 g/mol. The molecule has 0 aromatic heterocycles. The van der Waals surface area contributed by atoms with Gasteiger partial charge in [-0.3, -0.25) is 4.79 Å². The fraction of sp³-hybridized carbons (Fsp3) is 0.316. The minimum absolute atomic E-state index is 0.0239. The van der Waals surface area contributed by atoms with Crippen molar-refractivity contribution in [2.24, 2.45) is 0 Å². The Balaban J connectivity index is 1.76. The van der Waals surface area contributed by atoms with Crippen LogP contribution < -0.4 is 0 Å². The van der Waals surface area contributed by atoms with Gasteiger partial charge in [-0.05, 0) is 36.8 Å². The van der Waals surface area contributed by atoms with E-state index in [4.69, 9.17) is 0 Å². The standard InChI is InChI=1S/C19H19F3N2O3S/c1-14-7-8-16(13-17(14)19(20,21)22)28(26,27)24-11-9-23(10-12-24)18(25)15-5-3-2-4-6-15/h2-8,13H,9-12H2,1H3. The molecule has 3 rings (SSSR count). The monoisotopic (exact) mass is 412 g/mol. The van der Waals surface area contributed by atoms with E-state index in [1.54, 1.807) is 30.3 Å². The van der Waals surface area contributed by atoms with Crippen LogP contribution in [0.4, 0.5) is 13.2 Å². The Kier molecular flexibility index (Phi) is 5.49. The lowest BCUT2D eigenvalue weighted by atomic mass is 10.1. The van der Waals surface area contributed by atoms with Gasteiger partial charge < -0.3 is 4.90 Å². The van der Waals surface area contributed by atoms with Gasteiger partial charge in [0.15, 0.2) is 0 Å². The van der Waals surface area contributed by atoms with Crippen molar-refractivity contribution in [1.82, 2.24) is 9.21 Å². The van der Waals surface area contributed by atoms with E-state index in [0.717, 1.165) is 10.4 Å². The van der Waals surface area contributed by atoms with Gasteiger partial charge in [0.05, 0.1) is 10.5 Å². The van der Waals surface area contributed by atoms with Gasteiger partial charge in [-0.2, -0.15) is 17.5 Å². The zero-order valence-corrected chi connectivity index (χ0v) is 15.9. The summed E-state index contributed by atoms with van der Waals surface area (Å²) in [5.74, 6) is -0.202. The Labute approximate surface area is 161 Å². The summed E-state index contributed by atoms with van der Waals surface area (Å²) < 4.78 is 66.0. The zero-order chi connectivity index (χ0) is 20.5. The Morgan fingerprint density at radius 1 is 0.964 bits per heavy atom. The molecule has 1 aliphatic heterocycles.